The molecule has 0 aliphatic carbocycles. The molecule has 0 aliphatic heterocycles. The minimum atomic E-state index is -0.563. The zero-order valence-electron chi connectivity index (χ0n) is 7.42. The van der Waals surface area contributed by atoms with Gasteiger partial charge in [0.2, 0.25) is 5.76 Å². The van der Waals surface area contributed by atoms with Gasteiger partial charge in [0.25, 0.3) is 5.91 Å². The van der Waals surface area contributed by atoms with E-state index in [0.29, 0.717) is 11.6 Å². The second-order valence-electron chi connectivity index (χ2n) is 2.99. The van der Waals surface area contributed by atoms with E-state index in [1.54, 1.807) is 6.92 Å². The normalized spacial score (nSPS) is 10.7. The van der Waals surface area contributed by atoms with E-state index in [-0.39, 0.29) is 11.7 Å². The predicted octanol–water partition coefficient (Wildman–Crippen LogP) is 1.21. The Hall–Kier alpha value is -1.32. The fourth-order valence-corrected chi connectivity index (χ4v) is 0.893. The Labute approximate surface area is 70.8 Å². The lowest BCUT2D eigenvalue weighted by Crippen LogP contribution is -2.10. The molecular weight excluding hydrogens is 156 g/mol. The predicted molar refractivity (Wildman–Crippen MR) is 43.8 cm³/mol. The average molecular weight is 168 g/mol. The number of amides is 1. The second-order valence-corrected chi connectivity index (χ2v) is 2.99. The Kier molecular flexibility index (Phi) is 2.17. The summed E-state index contributed by atoms with van der Waals surface area (Å²) in [4.78, 5) is 14.8. The highest BCUT2D eigenvalue weighted by Gasteiger charge is 2.15. The maximum absolute atomic E-state index is 10.7. The van der Waals surface area contributed by atoms with Crippen LogP contribution in [-0.2, 0) is 0 Å². The first kappa shape index (κ1) is 8.77. The van der Waals surface area contributed by atoms with Gasteiger partial charge in [0, 0.05) is 5.92 Å². The topological polar surface area (TPSA) is 69.1 Å². The van der Waals surface area contributed by atoms with Crippen LogP contribution in [0.25, 0.3) is 0 Å². The van der Waals surface area contributed by atoms with Crippen molar-refractivity contribution in [3.63, 3.8) is 0 Å². The van der Waals surface area contributed by atoms with Gasteiger partial charge in [-0.25, -0.2) is 4.98 Å². The third-order valence-electron chi connectivity index (χ3n) is 1.53. The maximum Gasteiger partial charge on any atom is 0.286 e. The van der Waals surface area contributed by atoms with Gasteiger partial charge in [-0.05, 0) is 6.92 Å². The standard InChI is InChI=1S/C8H12N2O2/c1-4(2)8-10-5(3)6(12-8)7(9)11/h4H,1-3H3,(H2,9,11). The molecule has 0 atom stereocenters. The minimum Gasteiger partial charge on any atom is -0.435 e. The molecular formula is C8H12N2O2. The van der Waals surface area contributed by atoms with Gasteiger partial charge in [-0.1, -0.05) is 13.8 Å². The molecule has 0 fully saturated rings. The number of primary amides is 1. The number of nitrogens with two attached hydrogens (primary N) is 1. The summed E-state index contributed by atoms with van der Waals surface area (Å²) >= 11 is 0. The third-order valence-corrected chi connectivity index (χ3v) is 1.53. The van der Waals surface area contributed by atoms with E-state index in [2.05, 4.69) is 4.98 Å². The fraction of sp³-hybridized carbons (Fsp3) is 0.500. The van der Waals surface area contributed by atoms with Crippen molar-refractivity contribution in [2.75, 3.05) is 0 Å². The Morgan fingerprint density at radius 1 is 1.58 bits per heavy atom. The van der Waals surface area contributed by atoms with E-state index in [1.165, 1.54) is 0 Å². The van der Waals surface area contributed by atoms with Crippen LogP contribution in [0.15, 0.2) is 4.42 Å². The van der Waals surface area contributed by atoms with Crippen molar-refractivity contribution in [3.8, 4) is 0 Å². The molecule has 1 amide bonds. The van der Waals surface area contributed by atoms with E-state index in [9.17, 15) is 4.79 Å². The summed E-state index contributed by atoms with van der Waals surface area (Å²) in [5, 5.41) is 0. The van der Waals surface area contributed by atoms with Crippen LogP contribution in [0.1, 0.15) is 41.9 Å². The van der Waals surface area contributed by atoms with Crippen molar-refractivity contribution in [3.05, 3.63) is 17.3 Å². The number of nitrogens with zero attached hydrogens (tertiary/aromatic N) is 1. The van der Waals surface area contributed by atoms with Crippen LogP contribution in [0.4, 0.5) is 0 Å². The molecule has 66 valence electrons. The molecule has 0 aromatic carbocycles. The number of aromatic nitrogens is 1. The van der Waals surface area contributed by atoms with Gasteiger partial charge in [-0.15, -0.1) is 0 Å². The van der Waals surface area contributed by atoms with Crippen LogP contribution in [0.3, 0.4) is 0 Å². The van der Waals surface area contributed by atoms with E-state index in [4.69, 9.17) is 10.2 Å². The molecule has 0 radical (unpaired) electrons. The number of rotatable bonds is 2. The quantitative estimate of drug-likeness (QED) is 0.721. The molecule has 0 unspecified atom stereocenters. The van der Waals surface area contributed by atoms with Crippen molar-refractivity contribution in [2.24, 2.45) is 5.73 Å². The lowest BCUT2D eigenvalue weighted by Gasteiger charge is -1.94. The molecule has 0 saturated heterocycles. The van der Waals surface area contributed by atoms with Crippen LogP contribution in [0.5, 0.6) is 0 Å². The molecule has 0 aliphatic rings. The lowest BCUT2D eigenvalue weighted by molar-refractivity contribution is 0.0971. The Morgan fingerprint density at radius 3 is 2.42 bits per heavy atom. The Bertz CT molecular complexity index is 302. The average Bonchev–Trinajstić information content (AvgIpc) is 2.30. The molecule has 1 heterocycles. The number of hydrogen-bond donors (Lipinski definition) is 1. The number of hydrogen-bond acceptors (Lipinski definition) is 3. The van der Waals surface area contributed by atoms with Gasteiger partial charge in [-0.2, -0.15) is 0 Å². The molecule has 2 N–H and O–H groups in total. The molecule has 0 saturated carbocycles. The van der Waals surface area contributed by atoms with Crippen LogP contribution < -0.4 is 5.73 Å². The fourth-order valence-electron chi connectivity index (χ4n) is 0.893. The summed E-state index contributed by atoms with van der Waals surface area (Å²) in [6, 6.07) is 0. The van der Waals surface area contributed by atoms with Crippen LogP contribution in [0, 0.1) is 6.92 Å². The van der Waals surface area contributed by atoms with E-state index < -0.39 is 5.91 Å². The van der Waals surface area contributed by atoms with Crippen LogP contribution in [0.2, 0.25) is 0 Å². The monoisotopic (exact) mass is 168 g/mol. The lowest BCUT2D eigenvalue weighted by atomic mass is 10.2. The van der Waals surface area contributed by atoms with Crippen molar-refractivity contribution < 1.29 is 9.21 Å². The highest BCUT2D eigenvalue weighted by Crippen LogP contribution is 2.16. The zero-order chi connectivity index (χ0) is 9.30. The van der Waals surface area contributed by atoms with Crippen LogP contribution in [-0.4, -0.2) is 10.9 Å². The molecule has 1 aromatic rings. The van der Waals surface area contributed by atoms with Crippen molar-refractivity contribution in [1.29, 1.82) is 0 Å². The highest BCUT2D eigenvalue weighted by atomic mass is 16.4. The number of carbonyl (C=O) groups excluding carboxylic acids is 1. The SMILES string of the molecule is Cc1nc(C(C)C)oc1C(N)=O. The molecule has 0 spiro atoms. The van der Waals surface area contributed by atoms with E-state index >= 15 is 0 Å². The smallest absolute Gasteiger partial charge is 0.286 e. The van der Waals surface area contributed by atoms with Gasteiger partial charge < -0.3 is 10.2 Å². The first-order chi connectivity index (χ1) is 5.52. The van der Waals surface area contributed by atoms with Gasteiger partial charge >= 0.3 is 0 Å². The first-order valence-electron chi connectivity index (χ1n) is 3.79. The third kappa shape index (κ3) is 1.47. The number of oxazole rings is 1. The van der Waals surface area contributed by atoms with Crippen molar-refractivity contribution in [1.82, 2.24) is 4.98 Å². The number of aryl methyl sites for hydroxylation is 1. The van der Waals surface area contributed by atoms with E-state index in [1.807, 2.05) is 13.8 Å². The molecule has 12 heavy (non-hydrogen) atoms. The Balaban J connectivity index is 3.09. The molecule has 1 aromatic heterocycles. The number of carbonyl (C=O) groups is 1. The molecule has 0 bridgehead atoms. The summed E-state index contributed by atoms with van der Waals surface area (Å²) < 4.78 is 5.15. The summed E-state index contributed by atoms with van der Waals surface area (Å²) in [6.45, 7) is 5.58. The van der Waals surface area contributed by atoms with Gasteiger partial charge in [-0.3, -0.25) is 4.79 Å². The zero-order valence-corrected chi connectivity index (χ0v) is 7.42. The van der Waals surface area contributed by atoms with Gasteiger partial charge in [0.1, 0.15) is 0 Å². The van der Waals surface area contributed by atoms with Crippen molar-refractivity contribution in [2.45, 2.75) is 26.7 Å². The van der Waals surface area contributed by atoms with Gasteiger partial charge in [0.15, 0.2) is 5.89 Å². The largest absolute Gasteiger partial charge is 0.435 e. The summed E-state index contributed by atoms with van der Waals surface area (Å²) in [7, 11) is 0. The first-order valence-corrected chi connectivity index (χ1v) is 3.79. The second kappa shape index (κ2) is 2.97. The molecule has 4 heteroatoms. The highest BCUT2D eigenvalue weighted by molar-refractivity contribution is 5.90. The van der Waals surface area contributed by atoms with E-state index in [0.717, 1.165) is 0 Å². The molecule has 4 nitrogen and oxygen atoms in total. The van der Waals surface area contributed by atoms with Crippen molar-refractivity contribution >= 4 is 5.91 Å². The van der Waals surface area contributed by atoms with Gasteiger partial charge in [0.05, 0.1) is 5.69 Å². The maximum atomic E-state index is 10.7. The van der Waals surface area contributed by atoms with Crippen LogP contribution >= 0.6 is 0 Å². The summed E-state index contributed by atoms with van der Waals surface area (Å²) in [6.07, 6.45) is 0. The molecule has 1 rings (SSSR count). The Morgan fingerprint density at radius 2 is 2.17 bits per heavy atom. The summed E-state index contributed by atoms with van der Waals surface area (Å²) in [5.41, 5.74) is 5.62. The minimum absolute atomic E-state index is 0.165. The summed E-state index contributed by atoms with van der Waals surface area (Å²) in [5.74, 6) is 0.337.